The molecular formula is C22H18FN3OS. The van der Waals surface area contributed by atoms with Crippen molar-refractivity contribution in [2.24, 2.45) is 0 Å². The molecule has 0 atom stereocenters. The Morgan fingerprint density at radius 2 is 1.93 bits per heavy atom. The first-order chi connectivity index (χ1) is 13.5. The molecule has 0 radical (unpaired) electrons. The molecular weight excluding hydrogens is 373 g/mol. The number of amides is 1. The highest BCUT2D eigenvalue weighted by atomic mass is 32.1. The van der Waals surface area contributed by atoms with Gasteiger partial charge in [-0.2, -0.15) is 0 Å². The molecule has 0 saturated heterocycles. The molecule has 0 fully saturated rings. The second-order valence-electron chi connectivity index (χ2n) is 6.59. The molecule has 0 N–H and O–H groups in total. The van der Waals surface area contributed by atoms with Crippen LogP contribution in [0.15, 0.2) is 60.8 Å². The standard InChI is InChI=1S/C22H18FN3OS/c1-14-9-10-16(12-15(14)2)21(27)26(13-17-6-3-4-11-24-17)22-25-20-18(23)7-5-8-19(20)28-22/h3-12H,13H2,1-2H3. The highest BCUT2D eigenvalue weighted by molar-refractivity contribution is 7.22. The fourth-order valence-corrected chi connectivity index (χ4v) is 3.91. The molecule has 0 aliphatic carbocycles. The smallest absolute Gasteiger partial charge is 0.260 e. The van der Waals surface area contributed by atoms with Crippen LogP contribution in [0, 0.1) is 19.7 Å². The summed E-state index contributed by atoms with van der Waals surface area (Å²) in [6, 6.07) is 16.0. The van der Waals surface area contributed by atoms with E-state index >= 15 is 0 Å². The minimum absolute atomic E-state index is 0.187. The van der Waals surface area contributed by atoms with Gasteiger partial charge < -0.3 is 0 Å². The third-order valence-electron chi connectivity index (χ3n) is 4.63. The number of benzene rings is 2. The SMILES string of the molecule is Cc1ccc(C(=O)N(Cc2ccccn2)c2nc3c(F)cccc3s2)cc1C. The van der Waals surface area contributed by atoms with E-state index in [-0.39, 0.29) is 18.0 Å². The number of pyridine rings is 1. The lowest BCUT2D eigenvalue weighted by Gasteiger charge is -2.20. The highest BCUT2D eigenvalue weighted by Crippen LogP contribution is 2.32. The van der Waals surface area contributed by atoms with Gasteiger partial charge in [0.2, 0.25) is 0 Å². The lowest BCUT2D eigenvalue weighted by molar-refractivity contribution is 0.0984. The van der Waals surface area contributed by atoms with E-state index in [2.05, 4.69) is 9.97 Å². The monoisotopic (exact) mass is 391 g/mol. The van der Waals surface area contributed by atoms with Crippen molar-refractivity contribution in [1.29, 1.82) is 0 Å². The van der Waals surface area contributed by atoms with Crippen molar-refractivity contribution < 1.29 is 9.18 Å². The Morgan fingerprint density at radius 3 is 2.64 bits per heavy atom. The van der Waals surface area contributed by atoms with Gasteiger partial charge >= 0.3 is 0 Å². The molecule has 140 valence electrons. The molecule has 0 saturated carbocycles. The van der Waals surface area contributed by atoms with E-state index in [1.807, 2.05) is 50.2 Å². The third-order valence-corrected chi connectivity index (χ3v) is 5.68. The molecule has 0 aliphatic heterocycles. The van der Waals surface area contributed by atoms with E-state index in [9.17, 15) is 9.18 Å². The molecule has 0 unspecified atom stereocenters. The number of thiazole rings is 1. The molecule has 4 rings (SSSR count). The van der Waals surface area contributed by atoms with E-state index in [0.29, 0.717) is 15.4 Å². The van der Waals surface area contributed by atoms with Gasteiger partial charge in [0, 0.05) is 11.8 Å². The summed E-state index contributed by atoms with van der Waals surface area (Å²) < 4.78 is 14.8. The average molecular weight is 391 g/mol. The summed E-state index contributed by atoms with van der Waals surface area (Å²) in [6.45, 7) is 4.24. The zero-order chi connectivity index (χ0) is 19.7. The van der Waals surface area contributed by atoms with Crippen LogP contribution in [0.1, 0.15) is 27.2 Å². The summed E-state index contributed by atoms with van der Waals surface area (Å²) in [5.74, 6) is -0.579. The number of aryl methyl sites for hydroxylation is 2. The van der Waals surface area contributed by atoms with Crippen molar-refractivity contribution in [2.75, 3.05) is 4.90 Å². The zero-order valence-corrected chi connectivity index (χ0v) is 16.3. The Hall–Kier alpha value is -3.12. The number of carbonyl (C=O) groups excluding carboxylic acids is 1. The first kappa shape index (κ1) is 18.3. The largest absolute Gasteiger partial charge is 0.278 e. The molecule has 2 aromatic heterocycles. The zero-order valence-electron chi connectivity index (χ0n) is 15.5. The fraction of sp³-hybridized carbons (Fsp3) is 0.136. The Labute approximate surface area is 166 Å². The van der Waals surface area contributed by atoms with Crippen molar-refractivity contribution in [2.45, 2.75) is 20.4 Å². The first-order valence-corrected chi connectivity index (χ1v) is 9.68. The number of fused-ring (bicyclic) bond motifs is 1. The Kier molecular flexibility index (Phi) is 4.88. The van der Waals surface area contributed by atoms with Crippen LogP contribution in [-0.4, -0.2) is 15.9 Å². The number of halogens is 1. The lowest BCUT2D eigenvalue weighted by atomic mass is 10.1. The van der Waals surface area contributed by atoms with Crippen LogP contribution in [-0.2, 0) is 6.54 Å². The van der Waals surface area contributed by atoms with Crippen LogP contribution < -0.4 is 4.90 Å². The van der Waals surface area contributed by atoms with Crippen molar-refractivity contribution in [1.82, 2.24) is 9.97 Å². The fourth-order valence-electron chi connectivity index (χ4n) is 2.93. The molecule has 4 aromatic rings. The molecule has 0 spiro atoms. The maximum atomic E-state index is 14.1. The third kappa shape index (κ3) is 3.51. The maximum absolute atomic E-state index is 14.1. The molecule has 0 aliphatic rings. The summed E-state index contributed by atoms with van der Waals surface area (Å²) in [5, 5.41) is 0.453. The van der Waals surface area contributed by atoms with Gasteiger partial charge in [-0.1, -0.05) is 29.5 Å². The minimum atomic E-state index is -0.392. The van der Waals surface area contributed by atoms with Crippen LogP contribution in [0.4, 0.5) is 9.52 Å². The number of aromatic nitrogens is 2. The topological polar surface area (TPSA) is 46.1 Å². The van der Waals surface area contributed by atoms with Gasteiger partial charge in [-0.15, -0.1) is 0 Å². The molecule has 28 heavy (non-hydrogen) atoms. The van der Waals surface area contributed by atoms with Crippen molar-refractivity contribution >= 4 is 32.6 Å². The van der Waals surface area contributed by atoms with E-state index in [1.54, 1.807) is 23.2 Å². The number of hydrogen-bond donors (Lipinski definition) is 0. The quantitative estimate of drug-likeness (QED) is 0.475. The molecule has 0 bridgehead atoms. The van der Waals surface area contributed by atoms with Gasteiger partial charge in [0.05, 0.1) is 16.9 Å². The molecule has 2 aromatic carbocycles. The number of anilines is 1. The second-order valence-corrected chi connectivity index (χ2v) is 7.60. The van der Waals surface area contributed by atoms with Gasteiger partial charge in [-0.3, -0.25) is 14.7 Å². The molecule has 4 nitrogen and oxygen atoms in total. The Morgan fingerprint density at radius 1 is 1.07 bits per heavy atom. The van der Waals surface area contributed by atoms with Gasteiger partial charge in [0.15, 0.2) is 5.13 Å². The molecule has 6 heteroatoms. The van der Waals surface area contributed by atoms with Crippen LogP contribution in [0.25, 0.3) is 10.2 Å². The van der Waals surface area contributed by atoms with Crippen LogP contribution in [0.3, 0.4) is 0 Å². The summed E-state index contributed by atoms with van der Waals surface area (Å²) >= 11 is 1.30. The number of rotatable bonds is 4. The summed E-state index contributed by atoms with van der Waals surface area (Å²) in [7, 11) is 0. The van der Waals surface area contributed by atoms with Crippen LogP contribution in [0.5, 0.6) is 0 Å². The number of nitrogens with zero attached hydrogens (tertiary/aromatic N) is 3. The number of hydrogen-bond acceptors (Lipinski definition) is 4. The van der Waals surface area contributed by atoms with Crippen molar-refractivity contribution in [3.63, 3.8) is 0 Å². The predicted molar refractivity (Wildman–Crippen MR) is 110 cm³/mol. The molecule has 2 heterocycles. The van der Waals surface area contributed by atoms with Crippen LogP contribution in [0.2, 0.25) is 0 Å². The molecule has 1 amide bonds. The average Bonchev–Trinajstić information content (AvgIpc) is 3.14. The van der Waals surface area contributed by atoms with E-state index in [4.69, 9.17) is 0 Å². The second kappa shape index (κ2) is 7.48. The van der Waals surface area contributed by atoms with Gasteiger partial charge in [0.1, 0.15) is 11.3 Å². The van der Waals surface area contributed by atoms with E-state index in [1.165, 1.54) is 17.4 Å². The number of carbonyl (C=O) groups is 1. The van der Waals surface area contributed by atoms with Crippen molar-refractivity contribution in [3.05, 3.63) is 89.0 Å². The Bertz CT molecular complexity index is 1160. The first-order valence-electron chi connectivity index (χ1n) is 8.87. The lowest BCUT2D eigenvalue weighted by Crippen LogP contribution is -2.30. The number of para-hydroxylation sites is 1. The highest BCUT2D eigenvalue weighted by Gasteiger charge is 2.23. The minimum Gasteiger partial charge on any atom is -0.278 e. The maximum Gasteiger partial charge on any atom is 0.260 e. The van der Waals surface area contributed by atoms with Gasteiger partial charge in [0.25, 0.3) is 5.91 Å². The van der Waals surface area contributed by atoms with E-state index in [0.717, 1.165) is 16.8 Å². The summed E-state index contributed by atoms with van der Waals surface area (Å²) in [4.78, 5) is 23.7. The van der Waals surface area contributed by atoms with E-state index < -0.39 is 5.82 Å². The van der Waals surface area contributed by atoms with Gasteiger partial charge in [-0.25, -0.2) is 9.37 Å². The summed E-state index contributed by atoms with van der Waals surface area (Å²) in [5.41, 5.74) is 3.74. The van der Waals surface area contributed by atoms with Crippen molar-refractivity contribution in [3.8, 4) is 0 Å². The Balaban J connectivity index is 1.79. The van der Waals surface area contributed by atoms with Gasteiger partial charge in [-0.05, 0) is 61.4 Å². The normalized spacial score (nSPS) is 11.0. The summed E-state index contributed by atoms with van der Waals surface area (Å²) in [6.07, 6.45) is 1.69. The van der Waals surface area contributed by atoms with Crippen LogP contribution >= 0.6 is 11.3 Å². The predicted octanol–water partition coefficient (Wildman–Crippen LogP) is 5.29.